The van der Waals surface area contributed by atoms with Crippen molar-refractivity contribution in [2.75, 3.05) is 10.5 Å². The Morgan fingerprint density at radius 1 is 1.35 bits per heavy atom. The van der Waals surface area contributed by atoms with Gasteiger partial charge in [-0.1, -0.05) is 37.3 Å². The molecule has 3 N–H and O–H groups in total. The number of aliphatic hydroxyl groups is 1. The van der Waals surface area contributed by atoms with Gasteiger partial charge in [0.2, 0.25) is 10.0 Å². The van der Waals surface area contributed by atoms with E-state index in [1.165, 1.54) is 12.3 Å². The van der Waals surface area contributed by atoms with Crippen molar-refractivity contribution in [3.63, 3.8) is 0 Å². The van der Waals surface area contributed by atoms with E-state index in [-0.39, 0.29) is 11.3 Å². The average Bonchev–Trinajstić information content (AvgIpc) is 3.22. The van der Waals surface area contributed by atoms with Gasteiger partial charge in [-0.25, -0.2) is 22.2 Å². The molecule has 0 aliphatic carbocycles. The lowest BCUT2D eigenvalue weighted by molar-refractivity contribution is 0.211. The lowest BCUT2D eigenvalue weighted by Gasteiger charge is -2.16. The zero-order valence-corrected chi connectivity index (χ0v) is 20.1. The molecule has 0 spiro atoms. The number of fused-ring (bicyclic) bond motifs is 1. The molecule has 1 unspecified atom stereocenters. The minimum atomic E-state index is -3.82. The third kappa shape index (κ3) is 5.55. The van der Waals surface area contributed by atoms with Gasteiger partial charge in [0.15, 0.2) is 5.82 Å². The number of halogens is 3. The van der Waals surface area contributed by atoms with Gasteiger partial charge in [-0.2, -0.15) is 0 Å². The average molecular weight is 508 g/mol. The standard InChI is InChI=1S/C24H24ClF2N3O3S/c1-4-10-34(32,33)30-20-9-8-19(26)21(22(20)27)23(31)18-13-29-24-17(18)11-15(12-28-24)14(3)6-7-16(25)5-2/h5-9,11-13,23,30-31H,2,4,10H2,1,3H3,(H,28,29)/b14-6+,16-7+. The molecule has 34 heavy (non-hydrogen) atoms. The Morgan fingerprint density at radius 3 is 2.76 bits per heavy atom. The fourth-order valence-corrected chi connectivity index (χ4v) is 4.57. The van der Waals surface area contributed by atoms with Gasteiger partial charge in [0.25, 0.3) is 0 Å². The molecule has 0 aliphatic heterocycles. The lowest BCUT2D eigenvalue weighted by Crippen LogP contribution is -2.18. The zero-order valence-electron chi connectivity index (χ0n) is 18.6. The molecule has 0 aliphatic rings. The van der Waals surface area contributed by atoms with Crippen molar-refractivity contribution < 1.29 is 22.3 Å². The fraction of sp³-hybridized carbons (Fsp3) is 0.208. The van der Waals surface area contributed by atoms with Crippen LogP contribution in [-0.4, -0.2) is 29.2 Å². The molecule has 6 nitrogen and oxygen atoms in total. The van der Waals surface area contributed by atoms with Gasteiger partial charge >= 0.3 is 0 Å². The van der Waals surface area contributed by atoms with E-state index in [0.29, 0.717) is 28.0 Å². The molecular weight excluding hydrogens is 484 g/mol. The molecule has 1 atom stereocenters. The number of nitrogens with one attached hydrogen (secondary N) is 2. The van der Waals surface area contributed by atoms with E-state index < -0.39 is 39.0 Å². The smallest absolute Gasteiger partial charge is 0.232 e. The highest BCUT2D eigenvalue weighted by molar-refractivity contribution is 7.92. The van der Waals surface area contributed by atoms with E-state index >= 15 is 4.39 Å². The SMILES string of the molecule is C=C/C(Cl)=C\C=C(/C)c1cnc2[nH]cc(C(O)c3c(F)ccc(NS(=O)(=O)CCC)c3F)c2c1. The number of sulfonamides is 1. The van der Waals surface area contributed by atoms with Gasteiger partial charge in [-0.3, -0.25) is 4.72 Å². The molecule has 3 rings (SSSR count). The Morgan fingerprint density at radius 2 is 2.09 bits per heavy atom. The Kier molecular flexibility index (Phi) is 7.91. The van der Waals surface area contributed by atoms with Gasteiger partial charge < -0.3 is 10.1 Å². The molecule has 1 aromatic carbocycles. The van der Waals surface area contributed by atoms with Crippen LogP contribution in [0.4, 0.5) is 14.5 Å². The molecule has 2 aromatic heterocycles. The van der Waals surface area contributed by atoms with Gasteiger partial charge in [-0.05, 0) is 48.8 Å². The summed E-state index contributed by atoms with van der Waals surface area (Å²) in [5, 5.41) is 11.8. The first-order valence-corrected chi connectivity index (χ1v) is 12.4. The predicted molar refractivity (Wildman–Crippen MR) is 132 cm³/mol. The first kappa shape index (κ1) is 25.6. The quantitative estimate of drug-likeness (QED) is 0.320. The van der Waals surface area contributed by atoms with Crippen LogP contribution in [0.2, 0.25) is 0 Å². The van der Waals surface area contributed by atoms with E-state index in [1.54, 1.807) is 31.3 Å². The maximum absolute atomic E-state index is 15.2. The molecule has 0 saturated carbocycles. The molecule has 3 aromatic rings. The first-order valence-electron chi connectivity index (χ1n) is 10.4. The summed E-state index contributed by atoms with van der Waals surface area (Å²) in [5.41, 5.74) is 0.991. The van der Waals surface area contributed by atoms with Crippen LogP contribution < -0.4 is 4.72 Å². The number of aromatic nitrogens is 2. The number of aliphatic hydroxyl groups excluding tert-OH is 1. The fourth-order valence-electron chi connectivity index (χ4n) is 3.38. The van der Waals surface area contributed by atoms with Crippen molar-refractivity contribution in [2.24, 2.45) is 0 Å². The maximum Gasteiger partial charge on any atom is 0.232 e. The Bertz CT molecular complexity index is 1400. The highest BCUT2D eigenvalue weighted by atomic mass is 35.5. The third-order valence-electron chi connectivity index (χ3n) is 5.14. The van der Waals surface area contributed by atoms with E-state index in [2.05, 4.69) is 21.3 Å². The molecule has 180 valence electrons. The summed E-state index contributed by atoms with van der Waals surface area (Å²) in [7, 11) is -3.82. The van der Waals surface area contributed by atoms with Crippen molar-refractivity contribution >= 4 is 43.9 Å². The summed E-state index contributed by atoms with van der Waals surface area (Å²) in [4.78, 5) is 7.20. The van der Waals surface area contributed by atoms with Gasteiger partial charge in [0.05, 0.1) is 17.0 Å². The van der Waals surface area contributed by atoms with E-state index in [1.807, 2.05) is 6.92 Å². The maximum atomic E-state index is 15.2. The summed E-state index contributed by atoms with van der Waals surface area (Å²) in [6, 6.07) is 3.62. The second-order valence-electron chi connectivity index (χ2n) is 7.62. The summed E-state index contributed by atoms with van der Waals surface area (Å²) in [5.74, 6) is -2.42. The van der Waals surface area contributed by atoms with Crippen LogP contribution in [0, 0.1) is 11.6 Å². The molecule has 0 bridgehead atoms. The summed E-state index contributed by atoms with van der Waals surface area (Å²) in [6.45, 7) is 7.08. The minimum Gasteiger partial charge on any atom is -0.383 e. The molecule has 0 amide bonds. The topological polar surface area (TPSA) is 95.1 Å². The number of pyridine rings is 1. The number of H-pyrrole nitrogens is 1. The number of rotatable bonds is 9. The van der Waals surface area contributed by atoms with Crippen molar-refractivity contribution in [2.45, 2.75) is 26.4 Å². The van der Waals surface area contributed by atoms with Crippen molar-refractivity contribution in [1.82, 2.24) is 9.97 Å². The van der Waals surface area contributed by atoms with Crippen LogP contribution in [-0.2, 0) is 10.0 Å². The lowest BCUT2D eigenvalue weighted by atomic mass is 9.98. The molecule has 10 heteroatoms. The van der Waals surface area contributed by atoms with Crippen LogP contribution in [0.3, 0.4) is 0 Å². The number of anilines is 1. The highest BCUT2D eigenvalue weighted by Gasteiger charge is 2.26. The number of hydrogen-bond donors (Lipinski definition) is 3. The second kappa shape index (κ2) is 10.5. The van der Waals surface area contributed by atoms with Crippen LogP contribution in [0.5, 0.6) is 0 Å². The van der Waals surface area contributed by atoms with E-state index in [9.17, 15) is 17.9 Å². The number of nitrogens with zero attached hydrogens (tertiary/aromatic N) is 1. The summed E-state index contributed by atoms with van der Waals surface area (Å²) >= 11 is 5.94. The van der Waals surface area contributed by atoms with Crippen LogP contribution in [0.15, 0.2) is 60.4 Å². The number of aromatic amines is 1. The van der Waals surface area contributed by atoms with Gasteiger partial charge in [0.1, 0.15) is 17.6 Å². The Balaban J connectivity index is 2.06. The van der Waals surface area contributed by atoms with Crippen LogP contribution in [0.1, 0.15) is 43.1 Å². The number of allylic oxidation sites excluding steroid dienone is 5. The third-order valence-corrected chi connectivity index (χ3v) is 6.90. The Labute approximate surface area is 201 Å². The monoisotopic (exact) mass is 507 g/mol. The van der Waals surface area contributed by atoms with Gasteiger partial charge in [-0.15, -0.1) is 0 Å². The molecular formula is C24H24ClF2N3O3S. The van der Waals surface area contributed by atoms with Crippen LogP contribution in [0.25, 0.3) is 16.6 Å². The van der Waals surface area contributed by atoms with Crippen molar-refractivity contribution in [1.29, 1.82) is 0 Å². The normalized spacial score (nSPS) is 13.8. The predicted octanol–water partition coefficient (Wildman–Crippen LogP) is 5.79. The first-order chi connectivity index (χ1) is 16.1. The second-order valence-corrected chi connectivity index (χ2v) is 9.89. The molecule has 0 saturated heterocycles. The van der Waals surface area contributed by atoms with Crippen molar-refractivity contribution in [3.8, 4) is 0 Å². The molecule has 0 radical (unpaired) electrons. The summed E-state index contributed by atoms with van der Waals surface area (Å²) in [6.07, 6.45) is 6.54. The summed E-state index contributed by atoms with van der Waals surface area (Å²) < 4.78 is 56.1. The molecule has 2 heterocycles. The van der Waals surface area contributed by atoms with E-state index in [4.69, 9.17) is 11.6 Å². The number of benzene rings is 1. The van der Waals surface area contributed by atoms with Crippen LogP contribution >= 0.6 is 11.6 Å². The van der Waals surface area contributed by atoms with E-state index in [0.717, 1.165) is 17.7 Å². The van der Waals surface area contributed by atoms with Gasteiger partial charge in [0, 0.05) is 28.4 Å². The Hall–Kier alpha value is -3.01. The zero-order chi connectivity index (χ0) is 25.0. The molecule has 0 fully saturated rings. The number of hydrogen-bond acceptors (Lipinski definition) is 4. The minimum absolute atomic E-state index is 0.184. The largest absolute Gasteiger partial charge is 0.383 e. The van der Waals surface area contributed by atoms with Crippen molar-refractivity contribution in [3.05, 3.63) is 88.8 Å². The highest BCUT2D eigenvalue weighted by Crippen LogP contribution is 2.35.